The smallest absolute Gasteiger partial charge is 0.201 e. The Hall–Kier alpha value is -1.38. The fourth-order valence-electron chi connectivity index (χ4n) is 5.09. The fourth-order valence-corrected chi connectivity index (χ4v) is 5.09. The van der Waals surface area contributed by atoms with Gasteiger partial charge in [0.1, 0.15) is 0 Å². The van der Waals surface area contributed by atoms with E-state index in [1.54, 1.807) is 0 Å². The summed E-state index contributed by atoms with van der Waals surface area (Å²) in [5.74, 6) is 0.655. The van der Waals surface area contributed by atoms with Crippen molar-refractivity contribution in [2.75, 3.05) is 6.61 Å². The lowest BCUT2D eigenvalue weighted by Crippen LogP contribution is -2.08. The second-order valence-corrected chi connectivity index (χ2v) is 10.5. The maximum atomic E-state index is 11.1. The van der Waals surface area contributed by atoms with Crippen LogP contribution in [0, 0.1) is 0 Å². The van der Waals surface area contributed by atoms with Crippen molar-refractivity contribution in [2.24, 2.45) is 0 Å². The highest BCUT2D eigenvalue weighted by Gasteiger charge is 2.24. The molecule has 1 aromatic rings. The number of aromatic hydroxyl groups is 2. The van der Waals surface area contributed by atoms with E-state index in [-0.39, 0.29) is 11.5 Å². The number of hydrogen-bond donors (Lipinski definition) is 2. The first-order chi connectivity index (χ1) is 17.1. The maximum absolute atomic E-state index is 11.1. The molecule has 1 aromatic carbocycles. The third-order valence-corrected chi connectivity index (χ3v) is 7.31. The van der Waals surface area contributed by atoms with Crippen LogP contribution in [0.1, 0.15) is 160 Å². The van der Waals surface area contributed by atoms with Gasteiger partial charge in [-0.3, -0.25) is 0 Å². The number of unbranched alkanes of at least 4 members (excludes halogenated alkanes) is 14. The van der Waals surface area contributed by atoms with Crippen molar-refractivity contribution in [1.82, 2.24) is 0 Å². The molecule has 2 N–H and O–H groups in total. The molecule has 0 fully saturated rings. The third kappa shape index (κ3) is 12.4. The summed E-state index contributed by atoms with van der Waals surface area (Å²) in [6.07, 6.45) is 24.3. The summed E-state index contributed by atoms with van der Waals surface area (Å²) in [5, 5.41) is 22.2. The zero-order chi connectivity index (χ0) is 25.7. The molecule has 0 saturated heterocycles. The van der Waals surface area contributed by atoms with Crippen molar-refractivity contribution < 1.29 is 14.9 Å². The van der Waals surface area contributed by atoms with Gasteiger partial charge in [0.25, 0.3) is 0 Å². The average Bonchev–Trinajstić information content (AvgIpc) is 2.86. The minimum atomic E-state index is -0.00993. The summed E-state index contributed by atoms with van der Waals surface area (Å²) in [6, 6.07) is 0. The van der Waals surface area contributed by atoms with E-state index in [1.165, 1.54) is 94.6 Å². The third-order valence-electron chi connectivity index (χ3n) is 7.31. The van der Waals surface area contributed by atoms with E-state index in [0.717, 1.165) is 56.9 Å². The quantitative estimate of drug-likeness (QED) is 0.118. The first kappa shape index (κ1) is 31.6. The van der Waals surface area contributed by atoms with Gasteiger partial charge in [-0.1, -0.05) is 118 Å². The molecule has 3 nitrogen and oxygen atoms in total. The molecule has 0 aliphatic heterocycles. The standard InChI is InChI=1S/C32H58O3/c1-5-9-13-17-18-22-26-35-32-29(25-21-16-12-8-4)27(23-19-14-10-6-2)28(30(33)31(32)34)24-20-15-11-7-3/h33-34H,5-26H2,1-4H3. The fraction of sp³-hybridized carbons (Fsp3) is 0.812. The lowest BCUT2D eigenvalue weighted by Gasteiger charge is -2.23. The van der Waals surface area contributed by atoms with Crippen molar-refractivity contribution in [1.29, 1.82) is 0 Å². The largest absolute Gasteiger partial charge is 0.504 e. The van der Waals surface area contributed by atoms with Crippen molar-refractivity contribution in [3.63, 3.8) is 0 Å². The van der Waals surface area contributed by atoms with Crippen LogP contribution < -0.4 is 4.74 Å². The number of phenols is 2. The molecule has 0 aliphatic rings. The van der Waals surface area contributed by atoms with Gasteiger partial charge >= 0.3 is 0 Å². The molecule has 0 radical (unpaired) electrons. The molecular formula is C32H58O3. The highest BCUT2D eigenvalue weighted by Crippen LogP contribution is 2.46. The van der Waals surface area contributed by atoms with Crippen LogP contribution in [0.15, 0.2) is 0 Å². The normalized spacial score (nSPS) is 11.3. The lowest BCUT2D eigenvalue weighted by molar-refractivity contribution is 0.278. The summed E-state index contributed by atoms with van der Waals surface area (Å²) in [5.41, 5.74) is 3.46. The summed E-state index contributed by atoms with van der Waals surface area (Å²) >= 11 is 0. The molecular weight excluding hydrogens is 432 g/mol. The van der Waals surface area contributed by atoms with E-state index >= 15 is 0 Å². The van der Waals surface area contributed by atoms with Crippen LogP contribution in [-0.4, -0.2) is 16.8 Å². The second kappa shape index (κ2) is 20.8. The Morgan fingerprint density at radius 1 is 0.429 bits per heavy atom. The SMILES string of the molecule is CCCCCCCCOc1c(O)c(O)c(CCCCCC)c(CCCCCC)c1CCCCCC. The Kier molecular flexibility index (Phi) is 18.8. The van der Waals surface area contributed by atoms with Gasteiger partial charge < -0.3 is 14.9 Å². The summed E-state index contributed by atoms with van der Waals surface area (Å²) in [6.45, 7) is 9.58. The van der Waals surface area contributed by atoms with Crippen LogP contribution in [-0.2, 0) is 19.3 Å². The van der Waals surface area contributed by atoms with Crippen LogP contribution in [0.3, 0.4) is 0 Å². The lowest BCUT2D eigenvalue weighted by atomic mass is 9.88. The topological polar surface area (TPSA) is 49.7 Å². The van der Waals surface area contributed by atoms with Crippen LogP contribution in [0.5, 0.6) is 17.2 Å². The molecule has 0 amide bonds. The van der Waals surface area contributed by atoms with Crippen molar-refractivity contribution in [2.45, 2.75) is 163 Å². The summed E-state index contributed by atoms with van der Waals surface area (Å²) in [7, 11) is 0. The molecule has 35 heavy (non-hydrogen) atoms. The first-order valence-corrected chi connectivity index (χ1v) is 15.3. The number of hydrogen-bond acceptors (Lipinski definition) is 3. The number of phenolic OH excluding ortho intramolecular Hbond substituents is 2. The van der Waals surface area contributed by atoms with E-state index in [9.17, 15) is 10.2 Å². The van der Waals surface area contributed by atoms with E-state index in [1.807, 2.05) is 0 Å². The van der Waals surface area contributed by atoms with Crippen LogP contribution >= 0.6 is 0 Å². The minimum absolute atomic E-state index is 0.00993. The average molecular weight is 491 g/mol. The van der Waals surface area contributed by atoms with Gasteiger partial charge in [-0.15, -0.1) is 0 Å². The minimum Gasteiger partial charge on any atom is -0.504 e. The summed E-state index contributed by atoms with van der Waals surface area (Å²) < 4.78 is 6.27. The Bertz CT molecular complexity index is 653. The molecule has 0 spiro atoms. The molecule has 1 rings (SSSR count). The van der Waals surface area contributed by atoms with Gasteiger partial charge in [0, 0.05) is 11.1 Å². The zero-order valence-corrected chi connectivity index (χ0v) is 23.9. The van der Waals surface area contributed by atoms with E-state index in [2.05, 4.69) is 27.7 Å². The number of benzene rings is 1. The van der Waals surface area contributed by atoms with Gasteiger partial charge in [0.05, 0.1) is 6.61 Å². The Morgan fingerprint density at radius 2 is 0.829 bits per heavy atom. The van der Waals surface area contributed by atoms with Crippen LogP contribution in [0.4, 0.5) is 0 Å². The monoisotopic (exact) mass is 490 g/mol. The maximum Gasteiger partial charge on any atom is 0.201 e. The zero-order valence-electron chi connectivity index (χ0n) is 23.9. The molecule has 0 unspecified atom stereocenters. The molecule has 0 bridgehead atoms. The number of rotatable bonds is 23. The van der Waals surface area contributed by atoms with Crippen LogP contribution in [0.25, 0.3) is 0 Å². The van der Waals surface area contributed by atoms with Crippen molar-refractivity contribution in [3.8, 4) is 17.2 Å². The summed E-state index contributed by atoms with van der Waals surface area (Å²) in [4.78, 5) is 0. The van der Waals surface area contributed by atoms with E-state index < -0.39 is 0 Å². The highest BCUT2D eigenvalue weighted by molar-refractivity contribution is 5.62. The Labute approximate surface area is 218 Å². The molecule has 0 atom stereocenters. The first-order valence-electron chi connectivity index (χ1n) is 15.3. The van der Waals surface area contributed by atoms with Gasteiger partial charge in [-0.05, 0) is 50.5 Å². The van der Waals surface area contributed by atoms with E-state index in [0.29, 0.717) is 12.4 Å². The molecule has 204 valence electrons. The van der Waals surface area contributed by atoms with Gasteiger partial charge in [0.15, 0.2) is 11.5 Å². The van der Waals surface area contributed by atoms with Crippen molar-refractivity contribution in [3.05, 3.63) is 16.7 Å². The highest BCUT2D eigenvalue weighted by atomic mass is 16.5. The van der Waals surface area contributed by atoms with E-state index in [4.69, 9.17) is 4.74 Å². The predicted octanol–water partition coefficient (Wildman–Crippen LogP) is 10.2. The van der Waals surface area contributed by atoms with Gasteiger partial charge in [0.2, 0.25) is 5.75 Å². The molecule has 0 aliphatic carbocycles. The molecule has 0 saturated carbocycles. The molecule has 3 heteroatoms. The van der Waals surface area contributed by atoms with Gasteiger partial charge in [-0.2, -0.15) is 0 Å². The Morgan fingerprint density at radius 3 is 1.34 bits per heavy atom. The second-order valence-electron chi connectivity index (χ2n) is 10.5. The molecule has 0 heterocycles. The molecule has 0 aromatic heterocycles. The van der Waals surface area contributed by atoms with Gasteiger partial charge in [-0.25, -0.2) is 0 Å². The Balaban J connectivity index is 3.15. The predicted molar refractivity (Wildman–Crippen MR) is 152 cm³/mol. The van der Waals surface area contributed by atoms with Crippen LogP contribution in [0.2, 0.25) is 0 Å². The number of ether oxygens (including phenoxy) is 1. The van der Waals surface area contributed by atoms with Crippen molar-refractivity contribution >= 4 is 0 Å².